The highest BCUT2D eigenvalue weighted by molar-refractivity contribution is 7.89. The van der Waals surface area contributed by atoms with Gasteiger partial charge in [0, 0.05) is 0 Å². The van der Waals surface area contributed by atoms with Crippen LogP contribution in [0.15, 0.2) is 89.8 Å². The van der Waals surface area contributed by atoms with Crippen LogP contribution in [0.1, 0.15) is 17.0 Å². The number of benzene rings is 3. The first-order chi connectivity index (χ1) is 13.9. The van der Waals surface area contributed by atoms with Crippen LogP contribution in [-0.4, -0.2) is 27.6 Å². The molecule has 0 aromatic heterocycles. The van der Waals surface area contributed by atoms with Gasteiger partial charge in [0.1, 0.15) is 24.9 Å². The van der Waals surface area contributed by atoms with Gasteiger partial charge in [-0.2, -0.15) is 0 Å². The first-order valence-corrected chi connectivity index (χ1v) is 10.5. The molecule has 0 atom stereocenters. The normalized spacial score (nSPS) is 11.2. The van der Waals surface area contributed by atoms with E-state index >= 15 is 0 Å². The predicted octanol–water partition coefficient (Wildman–Crippen LogP) is 3.09. The summed E-state index contributed by atoms with van der Waals surface area (Å²) in [7, 11) is -3.74. The van der Waals surface area contributed by atoms with E-state index in [9.17, 15) is 13.2 Å². The molecule has 6 nitrogen and oxygen atoms in total. The Bertz CT molecular complexity index is 996. The minimum Gasteiger partial charge on any atom is -0.490 e. The van der Waals surface area contributed by atoms with Gasteiger partial charge in [-0.05, 0) is 35.4 Å². The van der Waals surface area contributed by atoms with Crippen LogP contribution in [0.3, 0.4) is 0 Å². The molecule has 0 amide bonds. The van der Waals surface area contributed by atoms with E-state index in [0.717, 1.165) is 11.1 Å². The van der Waals surface area contributed by atoms with Crippen molar-refractivity contribution in [2.75, 3.05) is 13.2 Å². The number of carbonyl (C=O) groups excluding carboxylic acids is 1. The van der Waals surface area contributed by atoms with Crippen molar-refractivity contribution >= 4 is 16.0 Å². The van der Waals surface area contributed by atoms with Gasteiger partial charge in [0.25, 0.3) is 0 Å². The van der Waals surface area contributed by atoms with Crippen molar-refractivity contribution in [3.05, 3.63) is 96.1 Å². The van der Waals surface area contributed by atoms with E-state index in [1.54, 1.807) is 0 Å². The minimum absolute atomic E-state index is 0.00448. The van der Waals surface area contributed by atoms with E-state index in [1.807, 2.05) is 60.7 Å². The van der Waals surface area contributed by atoms with E-state index in [-0.39, 0.29) is 24.1 Å². The van der Waals surface area contributed by atoms with Gasteiger partial charge in [0.15, 0.2) is 0 Å². The van der Waals surface area contributed by atoms with Crippen molar-refractivity contribution in [1.82, 2.24) is 0 Å². The van der Waals surface area contributed by atoms with Gasteiger partial charge in [-0.3, -0.25) is 4.79 Å². The highest BCUT2D eigenvalue weighted by Crippen LogP contribution is 2.26. The predicted molar refractivity (Wildman–Crippen MR) is 109 cm³/mol. The van der Waals surface area contributed by atoms with Crippen LogP contribution < -0.4 is 9.88 Å². The Morgan fingerprint density at radius 1 is 0.793 bits per heavy atom. The average molecular weight is 411 g/mol. The molecule has 0 unspecified atom stereocenters. The molecule has 7 heteroatoms. The number of carbonyl (C=O) groups is 1. The highest BCUT2D eigenvalue weighted by atomic mass is 32.2. The second kappa shape index (κ2) is 9.36. The number of nitrogens with two attached hydrogens (primary N) is 1. The Morgan fingerprint density at radius 2 is 1.31 bits per heavy atom. The number of esters is 1. The molecule has 0 fully saturated rings. The molecular formula is C22H21NO5S. The fraction of sp³-hybridized carbons (Fsp3) is 0.136. The zero-order chi connectivity index (χ0) is 20.7. The Balaban J connectivity index is 1.59. The third-order valence-corrected chi connectivity index (χ3v) is 5.18. The molecule has 3 rings (SSSR count). The summed E-state index contributed by atoms with van der Waals surface area (Å²) in [5.74, 6) is -0.432. The Morgan fingerprint density at radius 3 is 1.79 bits per heavy atom. The SMILES string of the molecule is NS(=O)(=O)c1ccc(OCCOC(=O)C(c2ccccc2)c2ccccc2)cc1. The van der Waals surface area contributed by atoms with Crippen LogP contribution in [-0.2, 0) is 19.6 Å². The fourth-order valence-electron chi connectivity index (χ4n) is 2.87. The van der Waals surface area contributed by atoms with Gasteiger partial charge < -0.3 is 9.47 Å². The van der Waals surface area contributed by atoms with Crippen molar-refractivity contribution in [1.29, 1.82) is 0 Å². The third-order valence-electron chi connectivity index (χ3n) is 4.25. The standard InChI is InChI=1S/C22H21NO5S/c23-29(25,26)20-13-11-19(12-14-20)27-15-16-28-22(24)21(17-7-3-1-4-8-17)18-9-5-2-6-10-18/h1-14,21H,15-16H2,(H2,23,25,26). The Hall–Kier alpha value is -3.16. The zero-order valence-corrected chi connectivity index (χ0v) is 16.4. The van der Waals surface area contributed by atoms with E-state index in [2.05, 4.69) is 0 Å². The molecule has 0 spiro atoms. The minimum atomic E-state index is -3.74. The summed E-state index contributed by atoms with van der Waals surface area (Å²) in [5.41, 5.74) is 1.70. The van der Waals surface area contributed by atoms with Crippen LogP contribution in [0.5, 0.6) is 5.75 Å². The van der Waals surface area contributed by atoms with E-state index in [4.69, 9.17) is 14.6 Å². The van der Waals surface area contributed by atoms with Gasteiger partial charge in [-0.25, -0.2) is 13.6 Å². The van der Waals surface area contributed by atoms with Crippen molar-refractivity contribution in [3.63, 3.8) is 0 Å². The number of rotatable bonds is 8. The molecular weight excluding hydrogens is 390 g/mol. The van der Waals surface area contributed by atoms with Crippen LogP contribution in [0.2, 0.25) is 0 Å². The number of primary sulfonamides is 1. The molecule has 0 saturated heterocycles. The van der Waals surface area contributed by atoms with Gasteiger partial charge >= 0.3 is 5.97 Å². The van der Waals surface area contributed by atoms with Gasteiger partial charge in [-0.1, -0.05) is 60.7 Å². The summed E-state index contributed by atoms with van der Waals surface area (Å²) in [4.78, 5) is 12.8. The van der Waals surface area contributed by atoms with Crippen molar-refractivity contribution in [2.24, 2.45) is 5.14 Å². The Kier molecular flexibility index (Phi) is 6.64. The molecule has 0 aliphatic carbocycles. The summed E-state index contributed by atoms with van der Waals surface area (Å²) in [6.45, 7) is 0.197. The van der Waals surface area contributed by atoms with Gasteiger partial charge in [-0.15, -0.1) is 0 Å². The fourth-order valence-corrected chi connectivity index (χ4v) is 3.38. The molecule has 29 heavy (non-hydrogen) atoms. The highest BCUT2D eigenvalue weighted by Gasteiger charge is 2.24. The van der Waals surface area contributed by atoms with Crippen LogP contribution in [0, 0.1) is 0 Å². The number of ether oxygens (including phenoxy) is 2. The largest absolute Gasteiger partial charge is 0.490 e. The number of sulfonamides is 1. The van der Waals surface area contributed by atoms with Crippen LogP contribution in [0.25, 0.3) is 0 Å². The molecule has 2 N–H and O–H groups in total. The average Bonchev–Trinajstić information content (AvgIpc) is 2.73. The summed E-state index contributed by atoms with van der Waals surface area (Å²) >= 11 is 0. The van der Waals surface area contributed by atoms with E-state index in [0.29, 0.717) is 5.75 Å². The lowest BCUT2D eigenvalue weighted by Crippen LogP contribution is -2.20. The quantitative estimate of drug-likeness (QED) is 0.454. The smallest absolute Gasteiger partial charge is 0.318 e. The summed E-state index contributed by atoms with van der Waals surface area (Å²) < 4.78 is 33.4. The molecule has 0 aliphatic heterocycles. The lowest BCUT2D eigenvalue weighted by molar-refractivity contribution is -0.145. The van der Waals surface area contributed by atoms with Gasteiger partial charge in [0.05, 0.1) is 4.90 Å². The maximum Gasteiger partial charge on any atom is 0.318 e. The van der Waals surface area contributed by atoms with Gasteiger partial charge in [0.2, 0.25) is 10.0 Å². The second-order valence-electron chi connectivity index (χ2n) is 6.29. The maximum absolute atomic E-state index is 12.8. The molecule has 0 saturated carbocycles. The monoisotopic (exact) mass is 411 g/mol. The summed E-state index contributed by atoms with van der Waals surface area (Å²) in [6, 6.07) is 24.6. The lowest BCUT2D eigenvalue weighted by Gasteiger charge is -2.17. The van der Waals surface area contributed by atoms with Crippen LogP contribution >= 0.6 is 0 Å². The molecule has 0 heterocycles. The molecule has 3 aromatic rings. The van der Waals surface area contributed by atoms with Crippen molar-refractivity contribution in [3.8, 4) is 5.75 Å². The zero-order valence-electron chi connectivity index (χ0n) is 15.6. The summed E-state index contributed by atoms with van der Waals surface area (Å²) in [5, 5.41) is 5.06. The molecule has 150 valence electrons. The number of hydrogen-bond acceptors (Lipinski definition) is 5. The first-order valence-electron chi connectivity index (χ1n) is 8.97. The second-order valence-corrected chi connectivity index (χ2v) is 7.85. The molecule has 3 aromatic carbocycles. The van der Waals surface area contributed by atoms with Crippen molar-refractivity contribution < 1.29 is 22.7 Å². The molecule has 0 radical (unpaired) electrons. The number of hydrogen-bond donors (Lipinski definition) is 1. The lowest BCUT2D eigenvalue weighted by atomic mass is 9.91. The Labute approximate surface area is 169 Å². The van der Waals surface area contributed by atoms with E-state index in [1.165, 1.54) is 24.3 Å². The summed E-state index contributed by atoms with van der Waals surface area (Å²) in [6.07, 6.45) is 0. The van der Waals surface area contributed by atoms with E-state index < -0.39 is 15.9 Å². The van der Waals surface area contributed by atoms with Crippen LogP contribution in [0.4, 0.5) is 0 Å². The maximum atomic E-state index is 12.8. The molecule has 0 bridgehead atoms. The third kappa shape index (κ3) is 5.66. The topological polar surface area (TPSA) is 95.7 Å². The molecule has 0 aliphatic rings. The first kappa shape index (κ1) is 20.6. The van der Waals surface area contributed by atoms with Crippen molar-refractivity contribution in [2.45, 2.75) is 10.8 Å².